The average molecular weight is 589 g/mol. The maximum absolute atomic E-state index is 13.1. The Morgan fingerprint density at radius 3 is 2.50 bits per heavy atom. The van der Waals surface area contributed by atoms with Gasteiger partial charge in [-0.1, -0.05) is 29.8 Å². The molecule has 1 heterocycles. The van der Waals surface area contributed by atoms with Gasteiger partial charge < -0.3 is 14.4 Å². The molecule has 4 rings (SSSR count). The minimum Gasteiger partial charge on any atom is -0.488 e. The first-order valence-electron chi connectivity index (χ1n) is 10.8. The lowest BCUT2D eigenvalue weighted by atomic mass is 10.2. The number of ether oxygens (including phenoxy) is 1. The SMILES string of the molecule is CCn1c(S/C(=C\c2ccc(OCc3ccc(F)cc3)c(Br)c2)C(=O)O)nnc1-c1ccc(Cl)cc1. The van der Waals surface area contributed by atoms with Crippen LogP contribution < -0.4 is 4.74 Å². The van der Waals surface area contributed by atoms with E-state index in [4.69, 9.17) is 16.3 Å². The third kappa shape index (κ3) is 6.34. The molecule has 0 aliphatic carbocycles. The summed E-state index contributed by atoms with van der Waals surface area (Å²) < 4.78 is 21.4. The summed E-state index contributed by atoms with van der Waals surface area (Å²) in [6.07, 6.45) is 1.57. The molecule has 0 aliphatic heterocycles. The predicted octanol–water partition coefficient (Wildman–Crippen LogP) is 7.32. The van der Waals surface area contributed by atoms with Crippen molar-refractivity contribution >= 4 is 51.3 Å². The molecule has 184 valence electrons. The van der Waals surface area contributed by atoms with Gasteiger partial charge in [0.1, 0.15) is 23.1 Å². The zero-order chi connectivity index (χ0) is 25.7. The Bertz CT molecular complexity index is 1410. The quantitative estimate of drug-likeness (QED) is 0.163. The van der Waals surface area contributed by atoms with E-state index in [1.54, 1.807) is 48.5 Å². The highest BCUT2D eigenvalue weighted by molar-refractivity contribution is 9.10. The second-order valence-electron chi connectivity index (χ2n) is 7.58. The van der Waals surface area contributed by atoms with Gasteiger partial charge in [0, 0.05) is 17.1 Å². The molecule has 0 spiro atoms. The van der Waals surface area contributed by atoms with Crippen LogP contribution in [0.1, 0.15) is 18.1 Å². The van der Waals surface area contributed by atoms with Crippen molar-refractivity contribution < 1.29 is 19.0 Å². The predicted molar refractivity (Wildman–Crippen MR) is 142 cm³/mol. The Balaban J connectivity index is 1.53. The van der Waals surface area contributed by atoms with Gasteiger partial charge in [-0.05, 0) is 100 Å². The Kier molecular flexibility index (Phi) is 8.45. The number of benzene rings is 3. The monoisotopic (exact) mass is 587 g/mol. The van der Waals surface area contributed by atoms with Crippen LogP contribution in [0.2, 0.25) is 5.02 Å². The molecule has 1 N–H and O–H groups in total. The summed E-state index contributed by atoms with van der Waals surface area (Å²) in [6.45, 7) is 2.78. The molecule has 36 heavy (non-hydrogen) atoms. The van der Waals surface area contributed by atoms with Gasteiger partial charge in [0.2, 0.25) is 0 Å². The fraction of sp³-hybridized carbons (Fsp3) is 0.115. The maximum Gasteiger partial charge on any atom is 0.342 e. The molecule has 0 radical (unpaired) electrons. The second kappa shape index (κ2) is 11.7. The summed E-state index contributed by atoms with van der Waals surface area (Å²) in [5, 5.41) is 19.4. The zero-order valence-corrected chi connectivity index (χ0v) is 22.1. The molecule has 0 saturated carbocycles. The van der Waals surface area contributed by atoms with E-state index in [0.29, 0.717) is 38.3 Å². The van der Waals surface area contributed by atoms with Crippen LogP contribution in [0.15, 0.2) is 81.3 Å². The molecule has 10 heteroatoms. The number of carboxylic acids is 1. The molecule has 0 aliphatic rings. The van der Waals surface area contributed by atoms with E-state index in [-0.39, 0.29) is 17.3 Å². The number of thioether (sulfide) groups is 1. The lowest BCUT2D eigenvalue weighted by molar-refractivity contribution is -0.131. The van der Waals surface area contributed by atoms with Gasteiger partial charge in [-0.25, -0.2) is 9.18 Å². The Morgan fingerprint density at radius 1 is 1.14 bits per heavy atom. The van der Waals surface area contributed by atoms with Gasteiger partial charge >= 0.3 is 5.97 Å². The second-order valence-corrected chi connectivity index (χ2v) is 9.88. The molecule has 6 nitrogen and oxygen atoms in total. The molecule has 1 aromatic heterocycles. The van der Waals surface area contributed by atoms with Crippen molar-refractivity contribution in [3.05, 3.63) is 98.1 Å². The number of nitrogens with zero attached hydrogens (tertiary/aromatic N) is 3. The van der Waals surface area contributed by atoms with Crippen molar-refractivity contribution in [3.8, 4) is 17.1 Å². The van der Waals surface area contributed by atoms with E-state index in [0.717, 1.165) is 22.9 Å². The van der Waals surface area contributed by atoms with Crippen LogP contribution in [0.25, 0.3) is 17.5 Å². The molecular weight excluding hydrogens is 569 g/mol. The Labute approximate surface area is 224 Å². The van der Waals surface area contributed by atoms with E-state index in [1.807, 2.05) is 23.6 Å². The smallest absolute Gasteiger partial charge is 0.342 e. The number of carbonyl (C=O) groups is 1. The summed E-state index contributed by atoms with van der Waals surface area (Å²) in [6, 6.07) is 18.6. The number of hydrogen-bond acceptors (Lipinski definition) is 5. The van der Waals surface area contributed by atoms with Gasteiger partial charge in [-0.3, -0.25) is 0 Å². The van der Waals surface area contributed by atoms with Crippen LogP contribution in [0, 0.1) is 5.82 Å². The lowest BCUT2D eigenvalue weighted by Gasteiger charge is -2.10. The highest BCUT2D eigenvalue weighted by Crippen LogP contribution is 2.33. The topological polar surface area (TPSA) is 77.2 Å². The van der Waals surface area contributed by atoms with Crippen molar-refractivity contribution in [2.75, 3.05) is 0 Å². The minimum absolute atomic E-state index is 0.0895. The van der Waals surface area contributed by atoms with Crippen LogP contribution in [-0.4, -0.2) is 25.8 Å². The summed E-state index contributed by atoms with van der Waals surface area (Å²) in [7, 11) is 0. The van der Waals surface area contributed by atoms with Crippen LogP contribution in [0.3, 0.4) is 0 Å². The molecule has 4 aromatic rings. The van der Waals surface area contributed by atoms with Crippen molar-refractivity contribution in [3.63, 3.8) is 0 Å². The van der Waals surface area contributed by atoms with Crippen molar-refractivity contribution in [1.29, 1.82) is 0 Å². The molecule has 0 amide bonds. The summed E-state index contributed by atoms with van der Waals surface area (Å²) in [4.78, 5) is 12.1. The molecular formula is C26H20BrClFN3O3S. The fourth-order valence-electron chi connectivity index (χ4n) is 3.31. The summed E-state index contributed by atoms with van der Waals surface area (Å²) >= 11 is 10.5. The minimum atomic E-state index is -1.08. The first-order chi connectivity index (χ1) is 17.3. The Morgan fingerprint density at radius 2 is 1.86 bits per heavy atom. The third-order valence-electron chi connectivity index (χ3n) is 5.11. The van der Waals surface area contributed by atoms with Crippen molar-refractivity contribution in [2.24, 2.45) is 0 Å². The number of aliphatic carboxylic acids is 1. The first kappa shape index (κ1) is 25.9. The average Bonchev–Trinajstić information content (AvgIpc) is 3.27. The largest absolute Gasteiger partial charge is 0.488 e. The Hall–Kier alpha value is -3.14. The maximum atomic E-state index is 13.1. The third-order valence-corrected chi connectivity index (χ3v) is 6.98. The molecule has 0 atom stereocenters. The highest BCUT2D eigenvalue weighted by Gasteiger charge is 2.18. The van der Waals surface area contributed by atoms with E-state index < -0.39 is 5.97 Å². The van der Waals surface area contributed by atoms with Gasteiger partial charge in [0.25, 0.3) is 0 Å². The van der Waals surface area contributed by atoms with Crippen LogP contribution in [-0.2, 0) is 17.9 Å². The van der Waals surface area contributed by atoms with Crippen molar-refractivity contribution in [1.82, 2.24) is 14.8 Å². The number of aromatic nitrogens is 3. The standard InChI is InChI=1S/C26H20BrClFN3O3S/c1-2-32-24(18-6-8-19(28)9-7-18)30-31-26(32)36-23(25(33)34)14-17-5-12-22(21(27)13-17)35-15-16-3-10-20(29)11-4-16/h3-14H,2,15H2,1H3,(H,33,34)/b23-14-. The number of halogens is 3. The lowest BCUT2D eigenvalue weighted by Crippen LogP contribution is -2.02. The fourth-order valence-corrected chi connectivity index (χ4v) is 4.84. The first-order valence-corrected chi connectivity index (χ1v) is 12.8. The molecule has 0 fully saturated rings. The van der Waals surface area contributed by atoms with E-state index in [2.05, 4.69) is 26.1 Å². The molecule has 3 aromatic carbocycles. The van der Waals surface area contributed by atoms with E-state index >= 15 is 0 Å². The summed E-state index contributed by atoms with van der Waals surface area (Å²) in [5.74, 6) is -0.167. The molecule has 0 unspecified atom stereocenters. The van der Waals surface area contributed by atoms with Gasteiger partial charge in [0.15, 0.2) is 11.0 Å². The zero-order valence-electron chi connectivity index (χ0n) is 19.0. The number of hydrogen-bond donors (Lipinski definition) is 1. The van der Waals surface area contributed by atoms with Gasteiger partial charge in [-0.2, -0.15) is 0 Å². The van der Waals surface area contributed by atoms with Crippen LogP contribution in [0.4, 0.5) is 4.39 Å². The summed E-state index contributed by atoms with van der Waals surface area (Å²) in [5.41, 5.74) is 2.33. The van der Waals surface area contributed by atoms with E-state index in [9.17, 15) is 14.3 Å². The highest BCUT2D eigenvalue weighted by atomic mass is 79.9. The van der Waals surface area contributed by atoms with Crippen LogP contribution in [0.5, 0.6) is 5.75 Å². The van der Waals surface area contributed by atoms with Gasteiger partial charge in [-0.15, -0.1) is 10.2 Å². The van der Waals surface area contributed by atoms with Crippen LogP contribution >= 0.6 is 39.3 Å². The van der Waals surface area contributed by atoms with Gasteiger partial charge in [0.05, 0.1) is 4.47 Å². The van der Waals surface area contributed by atoms with Crippen molar-refractivity contribution in [2.45, 2.75) is 25.2 Å². The number of carboxylic acid groups (broad SMARTS) is 1. The molecule has 0 bridgehead atoms. The normalized spacial score (nSPS) is 11.5. The molecule has 0 saturated heterocycles. The number of rotatable bonds is 9. The van der Waals surface area contributed by atoms with E-state index in [1.165, 1.54) is 12.1 Å².